The van der Waals surface area contributed by atoms with Crippen LogP contribution in [0.4, 0.5) is 0 Å². The number of fused-ring (bicyclic) bond motifs is 1. The van der Waals surface area contributed by atoms with Crippen LogP contribution in [0.5, 0.6) is 0 Å². The van der Waals surface area contributed by atoms with Crippen LogP contribution in [0.15, 0.2) is 59.6 Å². The Morgan fingerprint density at radius 3 is 2.53 bits per heavy atom. The van der Waals surface area contributed by atoms with Crippen molar-refractivity contribution in [1.29, 1.82) is 0 Å². The zero-order valence-corrected chi connectivity index (χ0v) is 18.6. The minimum atomic E-state index is -3.91. The predicted octanol–water partition coefficient (Wildman–Crippen LogP) is 4.02. The Bertz CT molecular complexity index is 1110. The first-order valence-corrected chi connectivity index (χ1v) is 11.8. The van der Waals surface area contributed by atoms with E-state index in [4.69, 9.17) is 11.6 Å². The Morgan fingerprint density at radius 2 is 1.83 bits per heavy atom. The van der Waals surface area contributed by atoms with Crippen molar-refractivity contribution in [1.82, 2.24) is 15.0 Å². The van der Waals surface area contributed by atoms with Crippen LogP contribution in [0.1, 0.15) is 32.3 Å². The summed E-state index contributed by atoms with van der Waals surface area (Å²) in [5, 5.41) is 4.33. The first kappa shape index (κ1) is 22.3. The molecule has 0 fully saturated rings. The molecule has 2 aromatic carbocycles. The van der Waals surface area contributed by atoms with Crippen molar-refractivity contribution in [3.63, 3.8) is 0 Å². The van der Waals surface area contributed by atoms with Crippen LogP contribution in [0.2, 0.25) is 5.02 Å². The average molecular weight is 448 g/mol. The third-order valence-corrected chi connectivity index (χ3v) is 6.69. The molecule has 0 spiro atoms. The molecule has 0 radical (unpaired) electrons. The molecule has 1 heterocycles. The molecule has 0 aliphatic rings. The standard InChI is InChI=1S/C22H26ClN3O3S/c1-3-6-15(2)25-22(27)21(13-16-14-24-20-8-5-4-7-19(16)20)26-30(28,29)18-11-9-17(23)10-12-18/h4-5,7-12,14-15,21,24,26H,3,6,13H2,1-2H3,(H,25,27)/t15-,21+/m0/s1. The zero-order chi connectivity index (χ0) is 21.7. The van der Waals surface area contributed by atoms with Crippen molar-refractivity contribution in [2.24, 2.45) is 0 Å². The summed E-state index contributed by atoms with van der Waals surface area (Å²) in [7, 11) is -3.91. The molecule has 3 rings (SSSR count). The highest BCUT2D eigenvalue weighted by atomic mass is 35.5. The lowest BCUT2D eigenvalue weighted by Gasteiger charge is -2.21. The number of para-hydroxylation sites is 1. The molecule has 0 aliphatic heterocycles. The molecular weight excluding hydrogens is 422 g/mol. The lowest BCUT2D eigenvalue weighted by atomic mass is 10.0. The number of nitrogens with one attached hydrogen (secondary N) is 3. The monoisotopic (exact) mass is 447 g/mol. The van der Waals surface area contributed by atoms with E-state index in [0.29, 0.717) is 5.02 Å². The molecule has 3 aromatic rings. The molecule has 2 atom stereocenters. The van der Waals surface area contributed by atoms with Crippen LogP contribution in [-0.4, -0.2) is 31.4 Å². The Kier molecular flexibility index (Phi) is 7.18. The van der Waals surface area contributed by atoms with Gasteiger partial charge in [0.15, 0.2) is 0 Å². The summed E-state index contributed by atoms with van der Waals surface area (Å²) < 4.78 is 28.4. The van der Waals surface area contributed by atoms with Gasteiger partial charge in [0.25, 0.3) is 0 Å². The molecular formula is C22H26ClN3O3S. The number of rotatable bonds is 9. The van der Waals surface area contributed by atoms with Crippen molar-refractivity contribution in [3.8, 4) is 0 Å². The predicted molar refractivity (Wildman–Crippen MR) is 120 cm³/mol. The maximum absolute atomic E-state index is 13.0. The molecule has 30 heavy (non-hydrogen) atoms. The number of amides is 1. The second-order valence-corrected chi connectivity index (χ2v) is 9.54. The Labute approximate surface area is 182 Å². The fraction of sp³-hybridized carbons (Fsp3) is 0.318. The van der Waals surface area contributed by atoms with E-state index in [1.54, 1.807) is 0 Å². The third kappa shape index (κ3) is 5.41. The Morgan fingerprint density at radius 1 is 1.13 bits per heavy atom. The highest BCUT2D eigenvalue weighted by Gasteiger charge is 2.27. The van der Waals surface area contributed by atoms with E-state index < -0.39 is 16.1 Å². The summed E-state index contributed by atoms with van der Waals surface area (Å²) in [6, 6.07) is 12.6. The van der Waals surface area contributed by atoms with Gasteiger partial charge in [-0.3, -0.25) is 4.79 Å². The maximum atomic E-state index is 13.0. The highest BCUT2D eigenvalue weighted by molar-refractivity contribution is 7.89. The molecule has 6 nitrogen and oxygen atoms in total. The van der Waals surface area contributed by atoms with Gasteiger partial charge in [0.2, 0.25) is 15.9 Å². The number of sulfonamides is 1. The van der Waals surface area contributed by atoms with Gasteiger partial charge in [-0.05, 0) is 55.7 Å². The molecule has 0 unspecified atom stereocenters. The Balaban J connectivity index is 1.88. The molecule has 0 saturated carbocycles. The van der Waals surface area contributed by atoms with Gasteiger partial charge in [0.1, 0.15) is 6.04 Å². The molecule has 0 bridgehead atoms. The number of benzene rings is 2. The van der Waals surface area contributed by atoms with Crippen molar-refractivity contribution < 1.29 is 13.2 Å². The molecule has 1 aromatic heterocycles. The van der Waals surface area contributed by atoms with Crippen LogP contribution < -0.4 is 10.0 Å². The van der Waals surface area contributed by atoms with E-state index in [9.17, 15) is 13.2 Å². The van der Waals surface area contributed by atoms with Crippen LogP contribution in [0, 0.1) is 0 Å². The second-order valence-electron chi connectivity index (χ2n) is 7.39. The number of aromatic amines is 1. The molecule has 0 saturated heterocycles. The summed E-state index contributed by atoms with van der Waals surface area (Å²) in [6.45, 7) is 3.95. The fourth-order valence-corrected chi connectivity index (χ4v) is 4.75. The summed E-state index contributed by atoms with van der Waals surface area (Å²) in [5.74, 6) is -0.348. The number of aromatic nitrogens is 1. The van der Waals surface area contributed by atoms with Gasteiger partial charge in [0, 0.05) is 28.2 Å². The van der Waals surface area contributed by atoms with Crippen LogP contribution in [-0.2, 0) is 21.2 Å². The topological polar surface area (TPSA) is 91.1 Å². The zero-order valence-electron chi connectivity index (χ0n) is 17.0. The number of H-pyrrole nitrogens is 1. The molecule has 0 aliphatic carbocycles. The van der Waals surface area contributed by atoms with E-state index in [0.717, 1.165) is 29.3 Å². The molecule has 160 valence electrons. The Hall–Kier alpha value is -2.35. The number of hydrogen-bond acceptors (Lipinski definition) is 3. The SMILES string of the molecule is CCC[C@H](C)NC(=O)[C@@H](Cc1c[nH]c2ccccc12)NS(=O)(=O)c1ccc(Cl)cc1. The summed E-state index contributed by atoms with van der Waals surface area (Å²) in [5.41, 5.74) is 1.80. The van der Waals surface area contributed by atoms with E-state index >= 15 is 0 Å². The van der Waals surface area contributed by atoms with Crippen molar-refractivity contribution in [2.75, 3.05) is 0 Å². The fourth-order valence-electron chi connectivity index (χ4n) is 3.43. The van der Waals surface area contributed by atoms with Gasteiger partial charge in [-0.15, -0.1) is 0 Å². The number of halogens is 1. The minimum Gasteiger partial charge on any atom is -0.361 e. The number of carbonyl (C=O) groups excluding carboxylic acids is 1. The highest BCUT2D eigenvalue weighted by Crippen LogP contribution is 2.20. The third-order valence-electron chi connectivity index (χ3n) is 4.95. The lowest BCUT2D eigenvalue weighted by molar-refractivity contribution is -0.123. The minimum absolute atomic E-state index is 0.0481. The van der Waals surface area contributed by atoms with Gasteiger partial charge >= 0.3 is 0 Å². The van der Waals surface area contributed by atoms with Gasteiger partial charge in [0.05, 0.1) is 4.90 Å². The van der Waals surface area contributed by atoms with Crippen LogP contribution in [0.3, 0.4) is 0 Å². The second kappa shape index (κ2) is 9.64. The molecule has 8 heteroatoms. The van der Waals surface area contributed by atoms with Gasteiger partial charge in [-0.25, -0.2) is 8.42 Å². The van der Waals surface area contributed by atoms with Gasteiger partial charge in [-0.2, -0.15) is 4.72 Å². The first-order chi connectivity index (χ1) is 14.3. The van der Waals surface area contributed by atoms with E-state index in [1.807, 2.05) is 44.3 Å². The maximum Gasteiger partial charge on any atom is 0.241 e. The summed E-state index contributed by atoms with van der Waals surface area (Å²) in [6.07, 6.45) is 3.78. The summed E-state index contributed by atoms with van der Waals surface area (Å²) in [4.78, 5) is 16.2. The number of hydrogen-bond donors (Lipinski definition) is 3. The van der Waals surface area contributed by atoms with E-state index in [-0.39, 0.29) is 23.3 Å². The quantitative estimate of drug-likeness (QED) is 0.462. The largest absolute Gasteiger partial charge is 0.361 e. The van der Waals surface area contributed by atoms with Crippen molar-refractivity contribution in [3.05, 3.63) is 65.3 Å². The van der Waals surface area contributed by atoms with Crippen molar-refractivity contribution in [2.45, 2.75) is 50.1 Å². The molecule has 1 amide bonds. The van der Waals surface area contributed by atoms with Gasteiger partial charge in [-0.1, -0.05) is 43.1 Å². The van der Waals surface area contributed by atoms with E-state index in [2.05, 4.69) is 15.0 Å². The summed E-state index contributed by atoms with van der Waals surface area (Å²) >= 11 is 5.87. The van der Waals surface area contributed by atoms with Crippen LogP contribution >= 0.6 is 11.6 Å². The number of carbonyl (C=O) groups is 1. The van der Waals surface area contributed by atoms with Gasteiger partial charge < -0.3 is 10.3 Å². The molecule has 3 N–H and O–H groups in total. The first-order valence-electron chi connectivity index (χ1n) is 9.93. The van der Waals surface area contributed by atoms with Crippen molar-refractivity contribution >= 4 is 38.4 Å². The van der Waals surface area contributed by atoms with Crippen LogP contribution in [0.25, 0.3) is 10.9 Å². The normalized spacial score (nSPS) is 13.8. The van der Waals surface area contributed by atoms with E-state index in [1.165, 1.54) is 24.3 Å². The average Bonchev–Trinajstić information content (AvgIpc) is 3.11. The smallest absolute Gasteiger partial charge is 0.241 e. The lowest BCUT2D eigenvalue weighted by Crippen LogP contribution is -2.50.